The topological polar surface area (TPSA) is 47.2 Å². The highest BCUT2D eigenvalue weighted by Gasteiger charge is 2.25. The van der Waals surface area contributed by atoms with Crippen molar-refractivity contribution in [3.05, 3.63) is 64.4 Å². The fourth-order valence-electron chi connectivity index (χ4n) is 3.79. The number of hydrogen-bond acceptors (Lipinski definition) is 2. The van der Waals surface area contributed by atoms with Crippen LogP contribution in [0.1, 0.15) is 11.1 Å². The molecule has 1 aliphatic heterocycles. The van der Waals surface area contributed by atoms with Crippen molar-refractivity contribution in [3.8, 4) is 5.75 Å². The summed E-state index contributed by atoms with van der Waals surface area (Å²) in [7, 11) is 1.61. The van der Waals surface area contributed by atoms with Crippen LogP contribution < -0.4 is 19.9 Å². The minimum Gasteiger partial charge on any atom is -0.496 e. The Hall–Kier alpha value is -2.15. The summed E-state index contributed by atoms with van der Waals surface area (Å²) < 4.78 is 18.9. The largest absolute Gasteiger partial charge is 0.496 e. The molecule has 29 heavy (non-hydrogen) atoms. The second-order valence-corrected chi connectivity index (χ2v) is 7.98. The minimum absolute atomic E-state index is 0.0808. The number of ether oxygens (including phenoxy) is 1. The fraction of sp³-hybridized carbons (Fsp3) is 0.409. The number of carbonyl (C=O) groups excluding carboxylic acids is 1. The van der Waals surface area contributed by atoms with Crippen molar-refractivity contribution < 1.29 is 23.7 Å². The molecular weight excluding hydrogens is 393 g/mol. The maximum atomic E-state index is 13.6. The third-order valence-electron chi connectivity index (χ3n) is 5.38. The summed E-state index contributed by atoms with van der Waals surface area (Å²) in [5, 5.41) is 3.72. The molecule has 0 aliphatic carbocycles. The molecular formula is C22H29ClFN3O2+2. The van der Waals surface area contributed by atoms with E-state index in [0.29, 0.717) is 13.1 Å². The molecule has 156 valence electrons. The van der Waals surface area contributed by atoms with Crippen LogP contribution in [0.5, 0.6) is 5.75 Å². The van der Waals surface area contributed by atoms with Crippen LogP contribution in [0, 0.1) is 5.82 Å². The highest BCUT2D eigenvalue weighted by molar-refractivity contribution is 6.30. The van der Waals surface area contributed by atoms with Crippen LogP contribution >= 0.6 is 11.6 Å². The van der Waals surface area contributed by atoms with Gasteiger partial charge < -0.3 is 19.9 Å². The van der Waals surface area contributed by atoms with Gasteiger partial charge in [0.1, 0.15) is 44.3 Å². The lowest BCUT2D eigenvalue weighted by Crippen LogP contribution is -3.28. The van der Waals surface area contributed by atoms with E-state index in [9.17, 15) is 9.18 Å². The van der Waals surface area contributed by atoms with Crippen molar-refractivity contribution >= 4 is 17.5 Å². The van der Waals surface area contributed by atoms with Crippen molar-refractivity contribution in [2.75, 3.05) is 46.4 Å². The second-order valence-electron chi connectivity index (χ2n) is 7.54. The molecule has 1 fully saturated rings. The molecule has 1 amide bonds. The Morgan fingerprint density at radius 1 is 1.14 bits per heavy atom. The van der Waals surface area contributed by atoms with Gasteiger partial charge in [-0.05, 0) is 42.3 Å². The van der Waals surface area contributed by atoms with Gasteiger partial charge in [0.15, 0.2) is 6.54 Å². The first-order chi connectivity index (χ1) is 14.0. The molecule has 0 unspecified atom stereocenters. The van der Waals surface area contributed by atoms with E-state index in [0.717, 1.165) is 61.0 Å². The number of quaternary nitrogens is 2. The van der Waals surface area contributed by atoms with E-state index in [2.05, 4.69) is 5.32 Å². The minimum atomic E-state index is -0.237. The van der Waals surface area contributed by atoms with Gasteiger partial charge in [0.25, 0.3) is 5.91 Å². The number of methoxy groups -OCH3 is 1. The lowest BCUT2D eigenvalue weighted by Gasteiger charge is -2.29. The molecule has 2 aromatic carbocycles. The molecule has 2 aromatic rings. The third-order valence-corrected chi connectivity index (χ3v) is 5.62. The Kier molecular flexibility index (Phi) is 7.86. The molecule has 0 atom stereocenters. The summed E-state index contributed by atoms with van der Waals surface area (Å²) in [5.41, 5.74) is 2.01. The first-order valence-electron chi connectivity index (χ1n) is 10.0. The van der Waals surface area contributed by atoms with Gasteiger partial charge in [0.2, 0.25) is 0 Å². The van der Waals surface area contributed by atoms with E-state index in [1.807, 2.05) is 24.3 Å². The van der Waals surface area contributed by atoms with Crippen LogP contribution in [0.15, 0.2) is 42.5 Å². The maximum absolute atomic E-state index is 13.6. The summed E-state index contributed by atoms with van der Waals surface area (Å²) in [6, 6.07) is 12.4. The maximum Gasteiger partial charge on any atom is 0.275 e. The number of halogens is 2. The summed E-state index contributed by atoms with van der Waals surface area (Å²) >= 11 is 5.98. The summed E-state index contributed by atoms with van der Waals surface area (Å²) in [6.45, 7) is 5.59. The van der Waals surface area contributed by atoms with Gasteiger partial charge in [-0.2, -0.15) is 0 Å². The molecule has 5 nitrogen and oxygen atoms in total. The monoisotopic (exact) mass is 421 g/mol. The summed E-state index contributed by atoms with van der Waals surface area (Å²) in [4.78, 5) is 14.9. The number of carbonyl (C=O) groups is 1. The fourth-order valence-corrected chi connectivity index (χ4v) is 4.01. The lowest BCUT2D eigenvalue weighted by molar-refractivity contribution is -1.02. The zero-order valence-electron chi connectivity index (χ0n) is 16.8. The van der Waals surface area contributed by atoms with E-state index < -0.39 is 0 Å². The average Bonchev–Trinajstić information content (AvgIpc) is 2.70. The first kappa shape index (κ1) is 21.6. The number of amides is 1. The predicted octanol–water partition coefficient (Wildman–Crippen LogP) is 0.130. The zero-order valence-corrected chi connectivity index (χ0v) is 17.5. The van der Waals surface area contributed by atoms with Crippen LogP contribution in [0.2, 0.25) is 5.02 Å². The van der Waals surface area contributed by atoms with E-state index in [-0.39, 0.29) is 11.7 Å². The molecule has 3 rings (SSSR count). The zero-order chi connectivity index (χ0) is 20.6. The molecule has 0 saturated carbocycles. The van der Waals surface area contributed by atoms with E-state index >= 15 is 0 Å². The smallest absolute Gasteiger partial charge is 0.275 e. The van der Waals surface area contributed by atoms with Gasteiger partial charge in [0, 0.05) is 11.6 Å². The standard InChI is InChI=1S/C22H27ClFN3O2/c1-29-21-6-5-20(24)14-18(21)15-26-9-11-27(12-10-26)16-22(28)25-8-7-17-3-2-4-19(23)13-17/h2-6,13-14H,7-12,15-16H2,1H3,(H,25,28)/p+2. The van der Waals surface area contributed by atoms with Gasteiger partial charge >= 0.3 is 0 Å². The Balaban J connectivity index is 1.38. The Morgan fingerprint density at radius 3 is 2.62 bits per heavy atom. The predicted molar refractivity (Wildman–Crippen MR) is 111 cm³/mol. The van der Waals surface area contributed by atoms with Crippen LogP contribution in [0.3, 0.4) is 0 Å². The molecule has 0 spiro atoms. The quantitative estimate of drug-likeness (QED) is 0.567. The SMILES string of the molecule is COc1ccc(F)cc1C[NH+]1CC[NH+](CC(=O)NCCc2cccc(Cl)c2)CC1. The van der Waals surface area contributed by atoms with Crippen molar-refractivity contribution in [1.29, 1.82) is 0 Å². The van der Waals surface area contributed by atoms with Gasteiger partial charge in [-0.15, -0.1) is 0 Å². The Morgan fingerprint density at radius 2 is 1.90 bits per heavy atom. The van der Waals surface area contributed by atoms with Gasteiger partial charge in [0.05, 0.1) is 12.7 Å². The summed E-state index contributed by atoms with van der Waals surface area (Å²) in [6.07, 6.45) is 0.773. The lowest BCUT2D eigenvalue weighted by atomic mass is 10.1. The molecule has 7 heteroatoms. The van der Waals surface area contributed by atoms with Gasteiger partial charge in [-0.3, -0.25) is 4.79 Å². The summed E-state index contributed by atoms with van der Waals surface area (Å²) in [5.74, 6) is 0.573. The molecule has 1 saturated heterocycles. The van der Waals surface area contributed by atoms with Crippen LogP contribution in [0.4, 0.5) is 4.39 Å². The Bertz CT molecular complexity index is 825. The van der Waals surface area contributed by atoms with E-state index in [4.69, 9.17) is 16.3 Å². The molecule has 3 N–H and O–H groups in total. The molecule has 0 radical (unpaired) electrons. The highest BCUT2D eigenvalue weighted by atomic mass is 35.5. The van der Waals surface area contributed by atoms with Crippen LogP contribution in [-0.2, 0) is 17.8 Å². The molecule has 1 aliphatic rings. The van der Waals surface area contributed by atoms with Crippen LogP contribution in [0.25, 0.3) is 0 Å². The third kappa shape index (κ3) is 6.70. The number of piperazine rings is 1. The number of hydrogen-bond donors (Lipinski definition) is 3. The Labute approximate surface area is 176 Å². The average molecular weight is 422 g/mol. The van der Waals surface area contributed by atoms with Crippen molar-refractivity contribution in [2.24, 2.45) is 0 Å². The number of benzene rings is 2. The van der Waals surface area contributed by atoms with E-state index in [1.165, 1.54) is 15.9 Å². The molecule has 1 heterocycles. The second kappa shape index (κ2) is 10.6. The van der Waals surface area contributed by atoms with Crippen molar-refractivity contribution in [1.82, 2.24) is 5.32 Å². The number of nitrogens with one attached hydrogen (secondary N) is 3. The van der Waals surface area contributed by atoms with Crippen molar-refractivity contribution in [2.45, 2.75) is 13.0 Å². The molecule has 0 bridgehead atoms. The van der Waals surface area contributed by atoms with Gasteiger partial charge in [-0.1, -0.05) is 23.7 Å². The normalized spacial score (nSPS) is 19.0. The van der Waals surface area contributed by atoms with Gasteiger partial charge in [-0.25, -0.2) is 4.39 Å². The number of rotatable bonds is 8. The van der Waals surface area contributed by atoms with Crippen molar-refractivity contribution in [3.63, 3.8) is 0 Å². The highest BCUT2D eigenvalue weighted by Crippen LogP contribution is 2.18. The molecule has 0 aromatic heterocycles. The van der Waals surface area contributed by atoms with Crippen LogP contribution in [-0.4, -0.2) is 52.3 Å². The van der Waals surface area contributed by atoms with E-state index in [1.54, 1.807) is 19.2 Å². The first-order valence-corrected chi connectivity index (χ1v) is 10.4.